The largest absolute Gasteiger partial charge is 0.507 e. The normalized spacial score (nSPS) is 16.8. The first-order chi connectivity index (χ1) is 19.7. The van der Waals surface area contributed by atoms with Crippen LogP contribution in [0.2, 0.25) is 0 Å². The van der Waals surface area contributed by atoms with Crippen LogP contribution >= 0.6 is 0 Å². The Hall–Kier alpha value is -4.39. The maximum absolute atomic E-state index is 14.2. The maximum Gasteiger partial charge on any atom is 0.200 e. The van der Waals surface area contributed by atoms with Gasteiger partial charge in [-0.05, 0) is 79.4 Å². The van der Waals surface area contributed by atoms with Crippen molar-refractivity contribution in [3.8, 4) is 40.1 Å². The van der Waals surface area contributed by atoms with E-state index >= 15 is 0 Å². The molecule has 0 bridgehead atoms. The zero-order chi connectivity index (χ0) is 30.7. The van der Waals surface area contributed by atoms with Gasteiger partial charge in [-0.2, -0.15) is 0 Å². The van der Waals surface area contributed by atoms with E-state index < -0.39 is 28.4 Å². The number of fused-ring (bicyclic) bond motifs is 5. The Labute approximate surface area is 245 Å². The molecule has 7 heteroatoms. The minimum atomic E-state index is -0.665. The average molecular weight is 571 g/mol. The molecule has 2 aliphatic rings. The van der Waals surface area contributed by atoms with Crippen LogP contribution < -0.4 is 10.2 Å². The van der Waals surface area contributed by atoms with Crippen LogP contribution in [0.15, 0.2) is 56.8 Å². The van der Waals surface area contributed by atoms with Gasteiger partial charge >= 0.3 is 0 Å². The van der Waals surface area contributed by atoms with E-state index in [0.29, 0.717) is 28.9 Å². The van der Waals surface area contributed by atoms with Crippen LogP contribution in [0.3, 0.4) is 0 Å². The van der Waals surface area contributed by atoms with E-state index in [-0.39, 0.29) is 51.3 Å². The molecule has 0 radical (unpaired) electrons. The van der Waals surface area contributed by atoms with Gasteiger partial charge in [0.15, 0.2) is 16.9 Å². The third-order valence-electron chi connectivity index (χ3n) is 8.13. The van der Waals surface area contributed by atoms with Gasteiger partial charge in [-0.3, -0.25) is 4.79 Å². The lowest BCUT2D eigenvalue weighted by molar-refractivity contribution is 0.157. The third-order valence-corrected chi connectivity index (χ3v) is 8.13. The van der Waals surface area contributed by atoms with Crippen molar-refractivity contribution < 1.29 is 29.6 Å². The second-order valence-electron chi connectivity index (χ2n) is 12.3. The molecular weight excluding hydrogens is 532 g/mol. The first-order valence-corrected chi connectivity index (χ1v) is 14.2. The van der Waals surface area contributed by atoms with Crippen LogP contribution in [0, 0.1) is 0 Å². The number of allylic oxidation sites excluding steroid dienone is 5. The minimum absolute atomic E-state index is 0.0393. The molecule has 1 atom stereocenters. The predicted octanol–water partition coefficient (Wildman–Crippen LogP) is 7.92. The molecule has 7 nitrogen and oxygen atoms in total. The van der Waals surface area contributed by atoms with Crippen molar-refractivity contribution in [3.63, 3.8) is 0 Å². The van der Waals surface area contributed by atoms with Gasteiger partial charge in [-0.1, -0.05) is 35.5 Å². The summed E-state index contributed by atoms with van der Waals surface area (Å²) in [5.41, 5.74) is 3.73. The first kappa shape index (κ1) is 29.1. The highest BCUT2D eigenvalue weighted by Gasteiger charge is 2.38. The van der Waals surface area contributed by atoms with Gasteiger partial charge < -0.3 is 29.6 Å². The third kappa shape index (κ3) is 4.87. The number of rotatable bonds is 6. The summed E-state index contributed by atoms with van der Waals surface area (Å²) in [6, 6.07) is 1.03. The molecule has 2 heterocycles. The van der Waals surface area contributed by atoms with E-state index in [1.807, 2.05) is 19.9 Å². The Morgan fingerprint density at radius 3 is 2.45 bits per heavy atom. The van der Waals surface area contributed by atoms with Gasteiger partial charge in [0, 0.05) is 28.7 Å². The highest BCUT2D eigenvalue weighted by Crippen LogP contribution is 2.54. The minimum Gasteiger partial charge on any atom is -0.507 e. The fraction of sp³-hybridized carbons (Fsp3) is 0.343. The molecule has 4 N–H and O–H groups in total. The van der Waals surface area contributed by atoms with Gasteiger partial charge in [-0.15, -0.1) is 0 Å². The molecular formula is C35H38O7. The number of ether oxygens (including phenoxy) is 1. The van der Waals surface area contributed by atoms with Crippen LogP contribution in [0.4, 0.5) is 0 Å². The quantitative estimate of drug-likeness (QED) is 0.135. The average Bonchev–Trinajstić information content (AvgIpc) is 2.89. The fourth-order valence-electron chi connectivity index (χ4n) is 5.87. The fourth-order valence-corrected chi connectivity index (χ4v) is 5.87. The molecule has 0 fully saturated rings. The first-order valence-electron chi connectivity index (χ1n) is 14.2. The highest BCUT2D eigenvalue weighted by molar-refractivity contribution is 5.96. The number of hydrogen-bond acceptors (Lipinski definition) is 7. The van der Waals surface area contributed by atoms with E-state index in [1.165, 1.54) is 5.57 Å². The molecule has 220 valence electrons. The second-order valence-corrected chi connectivity index (χ2v) is 12.3. The SMILES string of the molecule is C=C(C)[C@@H]1Cc2c(oc3c(CC=C(C)CCC=C(C)C)c4c(c(O)c3c2=O)C=CC(C)(C)O4)-c2c(O)cc(O)c(O)c21. The maximum atomic E-state index is 14.2. The van der Waals surface area contributed by atoms with Crippen molar-refractivity contribution in [2.45, 2.75) is 78.7 Å². The summed E-state index contributed by atoms with van der Waals surface area (Å²) in [4.78, 5) is 14.2. The molecule has 42 heavy (non-hydrogen) atoms. The second kappa shape index (κ2) is 10.5. The smallest absolute Gasteiger partial charge is 0.200 e. The van der Waals surface area contributed by atoms with Gasteiger partial charge in [0.25, 0.3) is 0 Å². The van der Waals surface area contributed by atoms with Crippen molar-refractivity contribution in [2.75, 3.05) is 0 Å². The molecule has 0 saturated heterocycles. The lowest BCUT2D eigenvalue weighted by Crippen LogP contribution is -2.28. The summed E-state index contributed by atoms with van der Waals surface area (Å²) in [5.74, 6) is -1.50. The summed E-state index contributed by atoms with van der Waals surface area (Å²) >= 11 is 0. The molecule has 0 saturated carbocycles. The van der Waals surface area contributed by atoms with Gasteiger partial charge in [0.05, 0.1) is 11.1 Å². The zero-order valence-corrected chi connectivity index (χ0v) is 25.0. The van der Waals surface area contributed by atoms with Crippen molar-refractivity contribution in [1.82, 2.24) is 0 Å². The van der Waals surface area contributed by atoms with Crippen LogP contribution in [0.25, 0.3) is 28.4 Å². The van der Waals surface area contributed by atoms with Gasteiger partial charge in [0.1, 0.15) is 39.6 Å². The molecule has 2 aromatic carbocycles. The summed E-state index contributed by atoms with van der Waals surface area (Å²) in [6.07, 6.45) is 10.1. The standard InChI is InChI=1S/C35H38O7/c1-17(2)9-8-10-19(5)11-12-21-32-20(13-14-35(6,7)42-32)29(38)28-30(39)23-15-22(18(3)4)26-27(34(23)41-33(21)28)24(36)16-25(37)31(26)40/h9,11,13-14,16,22,36-38,40H,3,8,10,12,15H2,1-2,4-7H3/t22-/m0/s1. The Morgan fingerprint density at radius 2 is 1.79 bits per heavy atom. The van der Waals surface area contributed by atoms with Crippen LogP contribution in [0.1, 0.15) is 82.6 Å². The number of benzene rings is 2. The number of hydrogen-bond donors (Lipinski definition) is 4. The Morgan fingerprint density at radius 1 is 1.07 bits per heavy atom. The lowest BCUT2D eigenvalue weighted by atomic mass is 9.77. The molecule has 1 aliphatic carbocycles. The van der Waals surface area contributed by atoms with Crippen molar-refractivity contribution in [3.05, 3.63) is 80.1 Å². The van der Waals surface area contributed by atoms with Crippen molar-refractivity contribution in [1.29, 1.82) is 0 Å². The van der Waals surface area contributed by atoms with Crippen molar-refractivity contribution in [2.24, 2.45) is 0 Å². The number of phenolic OH excluding ortho intramolecular Hbond substituents is 4. The van der Waals surface area contributed by atoms with Crippen LogP contribution in [-0.4, -0.2) is 26.0 Å². The molecule has 0 amide bonds. The molecule has 5 rings (SSSR count). The Bertz CT molecular complexity index is 1790. The molecule has 3 aromatic rings. The summed E-state index contributed by atoms with van der Waals surface area (Å²) in [6.45, 7) is 15.8. The highest BCUT2D eigenvalue weighted by atomic mass is 16.5. The van der Waals surface area contributed by atoms with E-state index in [0.717, 1.165) is 24.5 Å². The van der Waals surface area contributed by atoms with Crippen LogP contribution in [-0.2, 0) is 12.8 Å². The monoisotopic (exact) mass is 570 g/mol. The number of aromatic hydroxyl groups is 4. The van der Waals surface area contributed by atoms with E-state index in [4.69, 9.17) is 9.15 Å². The summed E-state index contributed by atoms with van der Waals surface area (Å²) < 4.78 is 12.9. The van der Waals surface area contributed by atoms with E-state index in [1.54, 1.807) is 13.0 Å². The van der Waals surface area contributed by atoms with Crippen molar-refractivity contribution >= 4 is 17.0 Å². The topological polar surface area (TPSA) is 120 Å². The Kier molecular flexibility index (Phi) is 7.25. The van der Waals surface area contributed by atoms with Crippen LogP contribution in [0.5, 0.6) is 28.7 Å². The van der Waals surface area contributed by atoms with Gasteiger partial charge in [0.2, 0.25) is 0 Å². The molecule has 0 unspecified atom stereocenters. The molecule has 1 aliphatic heterocycles. The van der Waals surface area contributed by atoms with E-state index in [2.05, 4.69) is 39.5 Å². The van der Waals surface area contributed by atoms with E-state index in [9.17, 15) is 25.2 Å². The predicted molar refractivity (Wildman–Crippen MR) is 166 cm³/mol. The molecule has 1 aromatic heterocycles. The number of phenols is 4. The Balaban J connectivity index is 1.82. The summed E-state index contributed by atoms with van der Waals surface area (Å²) in [5, 5.41) is 43.7. The zero-order valence-electron chi connectivity index (χ0n) is 25.0. The lowest BCUT2D eigenvalue weighted by Gasteiger charge is -2.31. The summed E-state index contributed by atoms with van der Waals surface area (Å²) in [7, 11) is 0. The van der Waals surface area contributed by atoms with Gasteiger partial charge in [-0.25, -0.2) is 0 Å². The molecule has 0 spiro atoms.